The van der Waals surface area contributed by atoms with E-state index in [0.29, 0.717) is 0 Å². The van der Waals surface area contributed by atoms with Crippen molar-refractivity contribution in [3.8, 4) is 0 Å². The first-order valence-corrected chi connectivity index (χ1v) is 6.99. The maximum Gasteiger partial charge on any atom is 0.0702 e. The van der Waals surface area contributed by atoms with Gasteiger partial charge in [0.25, 0.3) is 0 Å². The zero-order chi connectivity index (χ0) is 11.4. The van der Waals surface area contributed by atoms with Crippen molar-refractivity contribution in [3.05, 3.63) is 44.8 Å². The molecule has 0 saturated heterocycles. The fourth-order valence-electron chi connectivity index (χ4n) is 1.62. The minimum Gasteiger partial charge on any atom is -0.345 e. The Bertz CT molecular complexity index is 447. The average molecular weight is 299 g/mol. The summed E-state index contributed by atoms with van der Waals surface area (Å²) < 4.78 is 3.49. The Morgan fingerprint density at radius 1 is 1.38 bits per heavy atom. The predicted molar refractivity (Wildman–Crippen MR) is 72.9 cm³/mol. The van der Waals surface area contributed by atoms with Crippen LogP contribution in [0.3, 0.4) is 0 Å². The van der Waals surface area contributed by atoms with Crippen molar-refractivity contribution in [2.45, 2.75) is 20.0 Å². The molecule has 2 aromatic heterocycles. The molecule has 0 aliphatic rings. The van der Waals surface area contributed by atoms with Crippen molar-refractivity contribution in [2.75, 3.05) is 6.54 Å². The van der Waals surface area contributed by atoms with Gasteiger partial charge in [0.2, 0.25) is 0 Å². The van der Waals surface area contributed by atoms with E-state index in [1.54, 1.807) is 11.3 Å². The van der Waals surface area contributed by atoms with Gasteiger partial charge in [-0.3, -0.25) is 0 Å². The first-order chi connectivity index (χ1) is 7.79. The molecule has 1 N–H and O–H groups in total. The van der Waals surface area contributed by atoms with Gasteiger partial charge in [0, 0.05) is 23.3 Å². The Balaban J connectivity index is 2.06. The van der Waals surface area contributed by atoms with Crippen molar-refractivity contribution < 1.29 is 0 Å². The van der Waals surface area contributed by atoms with Crippen LogP contribution >= 0.6 is 27.3 Å². The number of rotatable bonds is 5. The van der Waals surface area contributed by atoms with Crippen LogP contribution in [0.1, 0.15) is 17.5 Å². The van der Waals surface area contributed by atoms with E-state index in [2.05, 4.69) is 63.2 Å². The molecule has 2 aromatic rings. The molecule has 4 heteroatoms. The van der Waals surface area contributed by atoms with Gasteiger partial charge in [0.15, 0.2) is 0 Å². The second-order valence-electron chi connectivity index (χ2n) is 3.61. The zero-order valence-electron chi connectivity index (χ0n) is 9.24. The molecule has 0 aliphatic heterocycles. The summed E-state index contributed by atoms with van der Waals surface area (Å²) in [5, 5.41) is 3.36. The normalized spacial score (nSPS) is 10.9. The monoisotopic (exact) mass is 298 g/mol. The van der Waals surface area contributed by atoms with Crippen molar-refractivity contribution in [1.29, 1.82) is 0 Å². The van der Waals surface area contributed by atoms with E-state index in [0.717, 1.165) is 19.6 Å². The number of hydrogen-bond donors (Lipinski definition) is 1. The molecule has 0 atom stereocenters. The number of hydrogen-bond acceptors (Lipinski definition) is 2. The molecule has 0 saturated carbocycles. The Labute approximate surface area is 108 Å². The Morgan fingerprint density at radius 2 is 2.25 bits per heavy atom. The lowest BCUT2D eigenvalue weighted by atomic mass is 10.4. The summed E-state index contributed by atoms with van der Waals surface area (Å²) in [5.41, 5.74) is 1.34. The minimum absolute atomic E-state index is 0.941. The molecular formula is C12H15BrN2S. The smallest absolute Gasteiger partial charge is 0.0702 e. The van der Waals surface area contributed by atoms with E-state index in [1.807, 2.05) is 0 Å². The van der Waals surface area contributed by atoms with E-state index in [-0.39, 0.29) is 0 Å². The van der Waals surface area contributed by atoms with Crippen molar-refractivity contribution in [3.63, 3.8) is 0 Å². The molecule has 0 bridgehead atoms. The number of halogens is 1. The van der Waals surface area contributed by atoms with Crippen molar-refractivity contribution >= 4 is 27.3 Å². The second-order valence-corrected chi connectivity index (χ2v) is 6.16. The number of aromatic nitrogens is 1. The third-order valence-electron chi connectivity index (χ3n) is 2.43. The van der Waals surface area contributed by atoms with Crippen molar-refractivity contribution in [1.82, 2.24) is 9.88 Å². The van der Waals surface area contributed by atoms with E-state index >= 15 is 0 Å². The fraction of sp³-hybridized carbons (Fsp3) is 0.333. The van der Waals surface area contributed by atoms with E-state index in [4.69, 9.17) is 0 Å². The third-order valence-corrected chi connectivity index (χ3v) is 4.04. The topological polar surface area (TPSA) is 17.0 Å². The molecule has 16 heavy (non-hydrogen) atoms. The van der Waals surface area contributed by atoms with Crippen LogP contribution in [0.25, 0.3) is 0 Å². The summed E-state index contributed by atoms with van der Waals surface area (Å²) in [6, 6.07) is 8.56. The summed E-state index contributed by atoms with van der Waals surface area (Å²) in [6.07, 6.45) is 2.14. The van der Waals surface area contributed by atoms with Gasteiger partial charge in [0.1, 0.15) is 0 Å². The van der Waals surface area contributed by atoms with Gasteiger partial charge >= 0.3 is 0 Å². The quantitative estimate of drug-likeness (QED) is 0.894. The highest BCUT2D eigenvalue weighted by atomic mass is 79.9. The molecule has 0 aliphatic carbocycles. The fourth-order valence-corrected chi connectivity index (χ4v) is 3.10. The van der Waals surface area contributed by atoms with Crippen LogP contribution in [-0.4, -0.2) is 11.1 Å². The van der Waals surface area contributed by atoms with Gasteiger partial charge in [-0.1, -0.05) is 6.92 Å². The van der Waals surface area contributed by atoms with Crippen LogP contribution in [0, 0.1) is 0 Å². The highest BCUT2D eigenvalue weighted by Gasteiger charge is 2.03. The third kappa shape index (κ3) is 2.97. The van der Waals surface area contributed by atoms with Crippen molar-refractivity contribution in [2.24, 2.45) is 0 Å². The lowest BCUT2D eigenvalue weighted by molar-refractivity contribution is 0.660. The van der Waals surface area contributed by atoms with Gasteiger partial charge in [-0.15, -0.1) is 11.3 Å². The molecule has 2 heterocycles. The molecule has 86 valence electrons. The van der Waals surface area contributed by atoms with Crippen LogP contribution in [-0.2, 0) is 13.1 Å². The lowest BCUT2D eigenvalue weighted by Gasteiger charge is -2.08. The van der Waals surface area contributed by atoms with Crippen LogP contribution in [0.2, 0.25) is 0 Å². The van der Waals surface area contributed by atoms with Gasteiger partial charge in [-0.2, -0.15) is 0 Å². The first-order valence-electron chi connectivity index (χ1n) is 5.38. The van der Waals surface area contributed by atoms with Gasteiger partial charge in [-0.05, 0) is 46.7 Å². The summed E-state index contributed by atoms with van der Waals surface area (Å²) in [6.45, 7) is 5.04. The number of nitrogens with zero attached hydrogens (tertiary/aromatic N) is 1. The molecule has 2 rings (SSSR count). The lowest BCUT2D eigenvalue weighted by Crippen LogP contribution is -2.15. The Hall–Kier alpha value is -0.580. The summed E-state index contributed by atoms with van der Waals surface area (Å²) in [5.74, 6) is 0. The molecule has 0 unspecified atom stereocenters. The molecule has 2 nitrogen and oxygen atoms in total. The van der Waals surface area contributed by atoms with Gasteiger partial charge in [-0.25, -0.2) is 0 Å². The SMILES string of the molecule is CCNCc1cccn1Cc1ccc(Br)s1. The van der Waals surface area contributed by atoms with E-state index in [1.165, 1.54) is 14.4 Å². The van der Waals surface area contributed by atoms with Crippen LogP contribution in [0.15, 0.2) is 34.2 Å². The number of nitrogens with one attached hydrogen (secondary N) is 1. The zero-order valence-corrected chi connectivity index (χ0v) is 11.6. The van der Waals surface area contributed by atoms with Gasteiger partial charge in [0.05, 0.1) is 10.3 Å². The molecule has 0 radical (unpaired) electrons. The van der Waals surface area contributed by atoms with Crippen LogP contribution in [0.5, 0.6) is 0 Å². The largest absolute Gasteiger partial charge is 0.345 e. The first kappa shape index (κ1) is 11.9. The molecule has 0 fully saturated rings. The van der Waals surface area contributed by atoms with Gasteiger partial charge < -0.3 is 9.88 Å². The maximum atomic E-state index is 3.49. The molecule has 0 amide bonds. The summed E-state index contributed by atoms with van der Waals surface area (Å²) in [7, 11) is 0. The predicted octanol–water partition coefficient (Wildman–Crippen LogP) is 3.47. The van der Waals surface area contributed by atoms with E-state index < -0.39 is 0 Å². The summed E-state index contributed by atoms with van der Waals surface area (Å²) in [4.78, 5) is 1.38. The molecular weight excluding hydrogens is 284 g/mol. The number of thiophene rings is 1. The Morgan fingerprint density at radius 3 is 2.94 bits per heavy atom. The molecule has 0 spiro atoms. The standard InChI is InChI=1S/C12H15BrN2S/c1-2-14-8-10-4-3-7-15(10)9-11-5-6-12(13)16-11/h3-7,14H,2,8-9H2,1H3. The highest BCUT2D eigenvalue weighted by Crippen LogP contribution is 2.23. The molecule has 0 aromatic carbocycles. The minimum atomic E-state index is 0.941. The highest BCUT2D eigenvalue weighted by molar-refractivity contribution is 9.11. The average Bonchev–Trinajstić information content (AvgIpc) is 2.86. The van der Waals surface area contributed by atoms with Crippen LogP contribution < -0.4 is 5.32 Å². The summed E-state index contributed by atoms with van der Waals surface area (Å²) >= 11 is 5.29. The Kier molecular flexibility index (Phi) is 4.21. The van der Waals surface area contributed by atoms with Crippen LogP contribution in [0.4, 0.5) is 0 Å². The second kappa shape index (κ2) is 5.66. The maximum absolute atomic E-state index is 3.49. The van der Waals surface area contributed by atoms with E-state index in [9.17, 15) is 0 Å².